The average molecular weight is 381 g/mol. The summed E-state index contributed by atoms with van der Waals surface area (Å²) in [5.41, 5.74) is 0.186. The molecule has 0 bridgehead atoms. The van der Waals surface area contributed by atoms with Crippen molar-refractivity contribution in [3.05, 3.63) is 0 Å². The Morgan fingerprint density at radius 2 is 1.89 bits per heavy atom. The molecule has 27 heavy (non-hydrogen) atoms. The van der Waals surface area contributed by atoms with Crippen LogP contribution in [0.1, 0.15) is 40.0 Å². The van der Waals surface area contributed by atoms with Crippen LogP contribution in [-0.4, -0.2) is 88.0 Å². The predicted octanol–water partition coefficient (Wildman–Crippen LogP) is 2.06. The largest absolute Gasteiger partial charge is 0.381 e. The van der Waals surface area contributed by atoms with Gasteiger partial charge in [-0.1, -0.05) is 20.8 Å². The van der Waals surface area contributed by atoms with Gasteiger partial charge in [-0.25, -0.2) is 0 Å². The summed E-state index contributed by atoms with van der Waals surface area (Å²) in [4.78, 5) is 9.57. The van der Waals surface area contributed by atoms with Crippen molar-refractivity contribution in [3.63, 3.8) is 0 Å². The van der Waals surface area contributed by atoms with Gasteiger partial charge >= 0.3 is 0 Å². The SMILES string of the molecule is CN=C(NCC1CCCOC1C(C)(C)C)N1CCN(CC2CCOC2)CC1. The summed E-state index contributed by atoms with van der Waals surface area (Å²) in [7, 11) is 1.91. The van der Waals surface area contributed by atoms with Gasteiger partial charge in [0.15, 0.2) is 5.96 Å². The molecule has 3 atom stereocenters. The van der Waals surface area contributed by atoms with Crippen LogP contribution in [0.15, 0.2) is 4.99 Å². The Morgan fingerprint density at radius 3 is 2.52 bits per heavy atom. The molecule has 3 unspecified atom stereocenters. The Balaban J connectivity index is 1.45. The fourth-order valence-electron chi connectivity index (χ4n) is 4.80. The van der Waals surface area contributed by atoms with Gasteiger partial charge in [-0.05, 0) is 30.6 Å². The highest BCUT2D eigenvalue weighted by Crippen LogP contribution is 2.33. The normalized spacial score (nSPS) is 31.3. The number of guanidine groups is 1. The summed E-state index contributed by atoms with van der Waals surface area (Å²) in [5.74, 6) is 2.34. The highest BCUT2D eigenvalue weighted by Gasteiger charge is 2.35. The lowest BCUT2D eigenvalue weighted by molar-refractivity contribution is -0.0836. The van der Waals surface area contributed by atoms with E-state index in [4.69, 9.17) is 9.47 Å². The topological polar surface area (TPSA) is 49.3 Å². The van der Waals surface area contributed by atoms with Gasteiger partial charge in [-0.2, -0.15) is 0 Å². The van der Waals surface area contributed by atoms with Crippen LogP contribution in [0.4, 0.5) is 0 Å². The number of ether oxygens (including phenoxy) is 2. The summed E-state index contributed by atoms with van der Waals surface area (Å²) in [6.07, 6.45) is 3.95. The number of hydrogen-bond acceptors (Lipinski definition) is 4. The zero-order chi connectivity index (χ0) is 19.3. The van der Waals surface area contributed by atoms with E-state index in [9.17, 15) is 0 Å². The third-order valence-electron chi connectivity index (χ3n) is 6.24. The molecule has 0 aromatic carbocycles. The van der Waals surface area contributed by atoms with Gasteiger partial charge < -0.3 is 19.7 Å². The van der Waals surface area contributed by atoms with Crippen LogP contribution in [0.25, 0.3) is 0 Å². The number of piperazine rings is 1. The quantitative estimate of drug-likeness (QED) is 0.598. The highest BCUT2D eigenvalue weighted by atomic mass is 16.5. The van der Waals surface area contributed by atoms with E-state index in [0.29, 0.717) is 12.0 Å². The second-order valence-electron chi connectivity index (χ2n) is 9.51. The molecule has 0 radical (unpaired) electrons. The smallest absolute Gasteiger partial charge is 0.193 e. The molecule has 3 aliphatic rings. The third-order valence-corrected chi connectivity index (χ3v) is 6.24. The second-order valence-corrected chi connectivity index (χ2v) is 9.51. The fourth-order valence-corrected chi connectivity index (χ4v) is 4.80. The standard InChI is InChI=1S/C21H40N4O2/c1-21(2,3)19-18(6-5-12-27-19)14-23-20(22-4)25-10-8-24(9-11-25)15-17-7-13-26-16-17/h17-19H,5-16H2,1-4H3,(H,22,23). The Morgan fingerprint density at radius 1 is 1.11 bits per heavy atom. The van der Waals surface area contributed by atoms with Crippen molar-refractivity contribution < 1.29 is 9.47 Å². The van der Waals surface area contributed by atoms with Gasteiger partial charge in [0.05, 0.1) is 12.7 Å². The van der Waals surface area contributed by atoms with E-state index in [2.05, 4.69) is 40.9 Å². The summed E-state index contributed by atoms with van der Waals surface area (Å²) >= 11 is 0. The summed E-state index contributed by atoms with van der Waals surface area (Å²) in [6.45, 7) is 16.2. The monoisotopic (exact) mass is 380 g/mol. The van der Waals surface area contributed by atoms with E-state index in [1.54, 1.807) is 0 Å². The minimum atomic E-state index is 0.186. The molecule has 0 saturated carbocycles. The van der Waals surface area contributed by atoms with Gasteiger partial charge in [-0.15, -0.1) is 0 Å². The number of nitrogens with one attached hydrogen (secondary N) is 1. The number of rotatable bonds is 4. The van der Waals surface area contributed by atoms with Crippen LogP contribution in [0.3, 0.4) is 0 Å². The number of nitrogens with zero attached hydrogens (tertiary/aromatic N) is 3. The lowest BCUT2D eigenvalue weighted by Crippen LogP contribution is -2.54. The fraction of sp³-hybridized carbons (Fsp3) is 0.952. The molecule has 6 nitrogen and oxygen atoms in total. The van der Waals surface area contributed by atoms with E-state index in [-0.39, 0.29) is 5.41 Å². The number of aliphatic imine (C=N–C) groups is 1. The van der Waals surface area contributed by atoms with Crippen LogP contribution in [0.2, 0.25) is 0 Å². The van der Waals surface area contributed by atoms with Gasteiger partial charge in [0, 0.05) is 65.4 Å². The summed E-state index contributed by atoms with van der Waals surface area (Å²) < 4.78 is 11.7. The molecule has 0 amide bonds. The van der Waals surface area contributed by atoms with Gasteiger partial charge in [0.1, 0.15) is 0 Å². The first-order valence-corrected chi connectivity index (χ1v) is 10.8. The first-order chi connectivity index (χ1) is 13.0. The Bertz CT molecular complexity index is 477. The Kier molecular flexibility index (Phi) is 7.40. The molecule has 6 heteroatoms. The lowest BCUT2D eigenvalue weighted by atomic mass is 9.78. The highest BCUT2D eigenvalue weighted by molar-refractivity contribution is 5.80. The van der Waals surface area contributed by atoms with Gasteiger partial charge in [0.2, 0.25) is 0 Å². The maximum absolute atomic E-state index is 6.13. The molecule has 0 spiro atoms. The van der Waals surface area contributed by atoms with Crippen LogP contribution >= 0.6 is 0 Å². The molecule has 156 valence electrons. The van der Waals surface area contributed by atoms with Crippen molar-refractivity contribution in [2.45, 2.75) is 46.1 Å². The van der Waals surface area contributed by atoms with E-state index >= 15 is 0 Å². The van der Waals surface area contributed by atoms with Crippen molar-refractivity contribution in [2.24, 2.45) is 22.2 Å². The Hall–Kier alpha value is -0.850. The third kappa shape index (κ3) is 5.81. The molecule has 1 N–H and O–H groups in total. The summed E-state index contributed by atoms with van der Waals surface area (Å²) in [6, 6.07) is 0. The molecule has 3 saturated heterocycles. The zero-order valence-corrected chi connectivity index (χ0v) is 17.9. The van der Waals surface area contributed by atoms with Crippen LogP contribution in [0.5, 0.6) is 0 Å². The van der Waals surface area contributed by atoms with Crippen molar-refractivity contribution >= 4 is 5.96 Å². The maximum atomic E-state index is 6.13. The predicted molar refractivity (Wildman–Crippen MR) is 110 cm³/mol. The molecule has 0 aromatic heterocycles. The molecule has 3 heterocycles. The molecular formula is C21H40N4O2. The second kappa shape index (κ2) is 9.57. The molecule has 0 aliphatic carbocycles. The minimum Gasteiger partial charge on any atom is -0.381 e. The molecule has 3 fully saturated rings. The first kappa shape index (κ1) is 20.9. The van der Waals surface area contributed by atoms with Gasteiger partial charge in [0.25, 0.3) is 0 Å². The Labute approximate surface area is 165 Å². The molecule has 3 rings (SSSR count). The van der Waals surface area contributed by atoms with E-state index in [1.807, 2.05) is 7.05 Å². The number of hydrogen-bond donors (Lipinski definition) is 1. The zero-order valence-electron chi connectivity index (χ0n) is 17.9. The van der Waals surface area contributed by atoms with Crippen LogP contribution < -0.4 is 5.32 Å². The van der Waals surface area contributed by atoms with Crippen LogP contribution in [0, 0.1) is 17.3 Å². The average Bonchev–Trinajstić information content (AvgIpc) is 3.16. The molecular weight excluding hydrogens is 340 g/mol. The van der Waals surface area contributed by atoms with Crippen molar-refractivity contribution in [3.8, 4) is 0 Å². The van der Waals surface area contributed by atoms with Crippen LogP contribution in [-0.2, 0) is 9.47 Å². The van der Waals surface area contributed by atoms with E-state index in [1.165, 1.54) is 25.8 Å². The van der Waals surface area contributed by atoms with E-state index < -0.39 is 0 Å². The van der Waals surface area contributed by atoms with Gasteiger partial charge in [-0.3, -0.25) is 9.89 Å². The minimum absolute atomic E-state index is 0.186. The first-order valence-electron chi connectivity index (χ1n) is 10.8. The summed E-state index contributed by atoms with van der Waals surface area (Å²) in [5, 5.41) is 3.66. The van der Waals surface area contributed by atoms with Crippen molar-refractivity contribution in [1.82, 2.24) is 15.1 Å². The van der Waals surface area contributed by atoms with Crippen molar-refractivity contribution in [1.29, 1.82) is 0 Å². The molecule has 3 aliphatic heterocycles. The molecule has 0 aromatic rings. The van der Waals surface area contributed by atoms with E-state index in [0.717, 1.165) is 64.4 Å². The maximum Gasteiger partial charge on any atom is 0.193 e. The lowest BCUT2D eigenvalue weighted by Gasteiger charge is -2.41. The van der Waals surface area contributed by atoms with Crippen molar-refractivity contribution in [2.75, 3.05) is 66.1 Å².